The number of nitrogens with one attached hydrogen (secondary N) is 1. The minimum atomic E-state index is -0.571. The molecule has 0 saturated carbocycles. The number of para-hydroxylation sites is 1. The minimum Gasteiger partial charge on any atom is -0.872 e. The van der Waals surface area contributed by atoms with Crippen LogP contribution in [0.1, 0.15) is 18.7 Å². The topological polar surface area (TPSA) is 57.4 Å². The molecule has 0 aliphatic carbocycles. The predicted octanol–water partition coefficient (Wildman–Crippen LogP) is 0.914. The van der Waals surface area contributed by atoms with E-state index in [-0.39, 0.29) is 28.8 Å². The maximum Gasteiger partial charge on any atom is 2.00 e. The van der Waals surface area contributed by atoms with Crippen LogP contribution < -0.4 is 10.1 Å². The Balaban J connectivity index is 0.00000144. The van der Waals surface area contributed by atoms with Crippen molar-refractivity contribution >= 4 is 23.1 Å². The molecule has 0 saturated heterocycles. The van der Waals surface area contributed by atoms with Crippen LogP contribution in [0.4, 0.5) is 0 Å². The smallest absolute Gasteiger partial charge is 0.872 e. The van der Waals surface area contributed by atoms with Gasteiger partial charge in [0.1, 0.15) is 6.10 Å². The molecule has 1 aromatic carbocycles. The number of aromatic amines is 1. The van der Waals surface area contributed by atoms with Crippen LogP contribution in [0.2, 0.25) is 0 Å². The van der Waals surface area contributed by atoms with Crippen LogP contribution >= 0.6 is 0 Å². The molecule has 82 valence electrons. The summed E-state index contributed by atoms with van der Waals surface area (Å²) in [6, 6.07) is 12.3. The number of rotatable bonds is 2. The Morgan fingerprint density at radius 1 is 1.12 bits per heavy atom. The number of hydrogen-bond acceptors (Lipinski definition) is 2. The van der Waals surface area contributed by atoms with Gasteiger partial charge in [0.25, 0.3) is 0 Å². The number of pyridine rings is 1. The number of aromatic nitrogens is 1. The van der Waals surface area contributed by atoms with Crippen LogP contribution in [-0.4, -0.2) is 28.2 Å². The summed E-state index contributed by atoms with van der Waals surface area (Å²) in [6.45, 7) is 1.68. The van der Waals surface area contributed by atoms with Gasteiger partial charge >= 0.3 is 23.1 Å². The molecule has 0 aliphatic rings. The van der Waals surface area contributed by atoms with Gasteiger partial charge in [-0.2, -0.15) is 0 Å². The molecule has 0 radical (unpaired) electrons. The van der Waals surface area contributed by atoms with E-state index >= 15 is 0 Å². The first-order chi connectivity index (χ1) is 7.68. The van der Waals surface area contributed by atoms with E-state index in [1.165, 1.54) is 6.07 Å². The zero-order chi connectivity index (χ0) is 11.5. The third-order valence-electron chi connectivity index (χ3n) is 2.45. The van der Waals surface area contributed by atoms with Crippen molar-refractivity contribution in [1.29, 1.82) is 0 Å². The Hall–Kier alpha value is -1.10. The average Bonchev–Trinajstić information content (AvgIpc) is 2.30. The first kappa shape index (κ1) is 14.0. The fourth-order valence-electron chi connectivity index (χ4n) is 1.58. The Kier molecular flexibility index (Phi) is 4.93. The van der Waals surface area contributed by atoms with Gasteiger partial charge in [-0.05, 0) is 19.1 Å². The molecule has 1 atom stereocenters. The van der Waals surface area contributed by atoms with Crippen molar-refractivity contribution in [2.24, 2.45) is 0 Å². The summed E-state index contributed by atoms with van der Waals surface area (Å²) in [6.07, 6.45) is -0.571. The van der Waals surface area contributed by atoms with Crippen molar-refractivity contribution in [3.05, 3.63) is 48.2 Å². The van der Waals surface area contributed by atoms with Gasteiger partial charge in [-0.25, -0.2) is 4.98 Å². The number of aliphatic hydroxyl groups excluding tert-OH is 1. The summed E-state index contributed by atoms with van der Waals surface area (Å²) >= 11 is 0. The van der Waals surface area contributed by atoms with E-state index in [2.05, 4.69) is 4.98 Å². The summed E-state index contributed by atoms with van der Waals surface area (Å²) < 4.78 is 0. The van der Waals surface area contributed by atoms with Gasteiger partial charge in [-0.15, -0.1) is 0 Å². The largest absolute Gasteiger partial charge is 2.00 e. The van der Waals surface area contributed by atoms with E-state index in [1.54, 1.807) is 25.1 Å². The van der Waals surface area contributed by atoms with Crippen molar-refractivity contribution < 1.29 is 15.2 Å². The molecular weight excluding hydrogens is 226 g/mol. The van der Waals surface area contributed by atoms with E-state index in [1.807, 2.05) is 18.2 Å². The third-order valence-corrected chi connectivity index (χ3v) is 2.45. The summed E-state index contributed by atoms with van der Waals surface area (Å²) in [5.74, 6) is -0.0264. The zero-order valence-electron chi connectivity index (χ0n) is 9.68. The maximum absolute atomic E-state index is 11.6. The number of H-pyrrole nitrogens is 1. The molecule has 4 heteroatoms. The van der Waals surface area contributed by atoms with Crippen LogP contribution in [0.25, 0.3) is 11.3 Å². The van der Waals surface area contributed by atoms with Crippen molar-refractivity contribution in [3.63, 3.8) is 0 Å². The zero-order valence-corrected chi connectivity index (χ0v) is 11.1. The minimum absolute atomic E-state index is 0. The van der Waals surface area contributed by atoms with E-state index in [4.69, 9.17) is 0 Å². The Labute approximate surface area is 116 Å². The van der Waals surface area contributed by atoms with Gasteiger partial charge in [0.2, 0.25) is 11.4 Å². The molecular formula is C13H13MgNO2+2. The Morgan fingerprint density at radius 3 is 2.47 bits per heavy atom. The standard InChI is InChI=1S/C13H13NO2.Mg/c1-9(15)11-6-4-7-12(14-11)10-5-2-3-8-13(10)16;/h2-9,15-16H,1H3;/q;+2. The van der Waals surface area contributed by atoms with Gasteiger partial charge < -0.3 is 10.2 Å². The normalized spacial score (nSPS) is 11.6. The molecule has 3 nitrogen and oxygen atoms in total. The number of aliphatic hydroxyl groups is 1. The maximum atomic E-state index is 11.6. The van der Waals surface area contributed by atoms with Gasteiger partial charge in [0, 0.05) is 17.7 Å². The third kappa shape index (κ3) is 3.18. The molecule has 0 aliphatic heterocycles. The van der Waals surface area contributed by atoms with Crippen LogP contribution in [0.5, 0.6) is 5.75 Å². The van der Waals surface area contributed by atoms with E-state index < -0.39 is 6.10 Å². The molecule has 1 heterocycles. The van der Waals surface area contributed by atoms with Gasteiger partial charge in [0.15, 0.2) is 0 Å². The van der Waals surface area contributed by atoms with Crippen molar-refractivity contribution in [2.75, 3.05) is 0 Å². The molecule has 1 aromatic heterocycles. The molecule has 2 aromatic rings. The molecule has 2 rings (SSSR count). The first-order valence-electron chi connectivity index (χ1n) is 5.15. The Morgan fingerprint density at radius 2 is 1.82 bits per heavy atom. The van der Waals surface area contributed by atoms with Crippen LogP contribution in [0.3, 0.4) is 0 Å². The quantitative estimate of drug-likeness (QED) is 0.792. The van der Waals surface area contributed by atoms with Gasteiger partial charge in [0.05, 0.1) is 0 Å². The summed E-state index contributed by atoms with van der Waals surface area (Å²) in [4.78, 5) is 3.05. The van der Waals surface area contributed by atoms with Crippen molar-refractivity contribution in [1.82, 2.24) is 0 Å². The van der Waals surface area contributed by atoms with E-state index in [9.17, 15) is 10.2 Å². The monoisotopic (exact) mass is 239 g/mol. The SMILES string of the molecule is CC(O)c1cccc(-c2ccccc2[O-])[nH+]1.[Mg+2]. The van der Waals surface area contributed by atoms with Crippen LogP contribution in [-0.2, 0) is 0 Å². The molecule has 1 unspecified atom stereocenters. The molecule has 17 heavy (non-hydrogen) atoms. The molecule has 0 amide bonds. The number of benzene rings is 1. The Bertz CT molecular complexity index is 500. The molecule has 0 fully saturated rings. The second kappa shape index (κ2) is 6.00. The van der Waals surface area contributed by atoms with Crippen LogP contribution in [0, 0.1) is 0 Å². The van der Waals surface area contributed by atoms with Crippen LogP contribution in [0.15, 0.2) is 42.5 Å². The second-order valence-corrected chi connectivity index (χ2v) is 3.69. The predicted molar refractivity (Wildman–Crippen MR) is 64.3 cm³/mol. The molecule has 0 bridgehead atoms. The van der Waals surface area contributed by atoms with Crippen molar-refractivity contribution in [2.45, 2.75) is 13.0 Å². The summed E-state index contributed by atoms with van der Waals surface area (Å²) in [5.41, 5.74) is 2.04. The first-order valence-corrected chi connectivity index (χ1v) is 5.15. The summed E-state index contributed by atoms with van der Waals surface area (Å²) in [5, 5.41) is 21.1. The molecule has 2 N–H and O–H groups in total. The fourth-order valence-corrected chi connectivity index (χ4v) is 1.58. The second-order valence-electron chi connectivity index (χ2n) is 3.69. The summed E-state index contributed by atoms with van der Waals surface area (Å²) in [7, 11) is 0. The van der Waals surface area contributed by atoms with Gasteiger partial charge in [-0.1, -0.05) is 23.9 Å². The number of hydrogen-bond donors (Lipinski definition) is 1. The van der Waals surface area contributed by atoms with E-state index in [0.29, 0.717) is 11.3 Å². The van der Waals surface area contributed by atoms with E-state index in [0.717, 1.165) is 5.69 Å². The average molecular weight is 240 g/mol. The van der Waals surface area contributed by atoms with Crippen molar-refractivity contribution in [3.8, 4) is 17.0 Å². The fraction of sp³-hybridized carbons (Fsp3) is 0.154. The molecule has 0 spiro atoms. The van der Waals surface area contributed by atoms with Gasteiger partial charge in [-0.3, -0.25) is 0 Å².